The Morgan fingerprint density at radius 2 is 2.23 bits per heavy atom. The van der Waals surface area contributed by atoms with E-state index in [9.17, 15) is 14.7 Å². The van der Waals surface area contributed by atoms with E-state index in [0.29, 0.717) is 32.5 Å². The van der Waals surface area contributed by atoms with Gasteiger partial charge >= 0.3 is 6.03 Å². The van der Waals surface area contributed by atoms with Gasteiger partial charge in [-0.25, -0.2) is 4.79 Å². The number of hydrogen-bond acceptors (Lipinski definition) is 4. The molecule has 2 atom stereocenters. The number of piperidine rings is 1. The quantitative estimate of drug-likeness (QED) is 0.749. The topological polar surface area (TPSA) is 90.9 Å². The summed E-state index contributed by atoms with van der Waals surface area (Å²) < 4.78 is 5.79. The van der Waals surface area contributed by atoms with Gasteiger partial charge in [0.25, 0.3) is 0 Å². The van der Waals surface area contributed by atoms with Gasteiger partial charge in [0.1, 0.15) is 11.9 Å². The third kappa shape index (κ3) is 3.23. The van der Waals surface area contributed by atoms with E-state index in [1.807, 2.05) is 6.07 Å². The van der Waals surface area contributed by atoms with E-state index in [1.54, 1.807) is 23.1 Å². The molecule has 0 radical (unpaired) electrons. The highest BCUT2D eigenvalue weighted by molar-refractivity contribution is 5.80. The first kappa shape index (κ1) is 17.1. The number of aromatic hydroxyl groups is 1. The minimum absolute atomic E-state index is 0.0106. The fraction of sp³-hybridized carbons (Fsp3) is 0.579. The molecule has 140 valence electrons. The second-order valence-corrected chi connectivity index (χ2v) is 7.50. The van der Waals surface area contributed by atoms with Crippen molar-refractivity contribution in [3.63, 3.8) is 0 Å². The zero-order chi connectivity index (χ0) is 18.1. The number of phenolic OH excluding ortho intramolecular Hbond substituents is 1. The molecule has 3 aliphatic rings. The molecule has 0 aromatic heterocycles. The van der Waals surface area contributed by atoms with Gasteiger partial charge in [-0.15, -0.1) is 0 Å². The molecule has 4 rings (SSSR count). The zero-order valence-corrected chi connectivity index (χ0v) is 14.7. The molecule has 2 unspecified atom stereocenters. The van der Waals surface area contributed by atoms with Crippen molar-refractivity contribution >= 4 is 11.9 Å². The van der Waals surface area contributed by atoms with Crippen molar-refractivity contribution in [3.8, 4) is 5.75 Å². The van der Waals surface area contributed by atoms with E-state index in [0.717, 1.165) is 24.8 Å². The van der Waals surface area contributed by atoms with Crippen LogP contribution in [0.1, 0.15) is 43.8 Å². The second-order valence-electron chi connectivity index (χ2n) is 7.50. The van der Waals surface area contributed by atoms with Crippen LogP contribution >= 0.6 is 0 Å². The smallest absolute Gasteiger partial charge is 0.317 e. The zero-order valence-electron chi connectivity index (χ0n) is 14.7. The molecule has 1 saturated carbocycles. The van der Waals surface area contributed by atoms with E-state index >= 15 is 0 Å². The number of amides is 3. The summed E-state index contributed by atoms with van der Waals surface area (Å²) in [5.41, 5.74) is 0.616. The Balaban J connectivity index is 1.40. The molecule has 1 aromatic rings. The molecule has 3 fully saturated rings. The number of urea groups is 1. The van der Waals surface area contributed by atoms with Gasteiger partial charge in [0.2, 0.25) is 5.91 Å². The number of morpholine rings is 1. The standard InChI is InChI=1S/C19H25N3O4/c23-14-4-1-3-13(11-14)15-12-22(9-10-26-15)18(25)20-16-5-6-17(24)21-19(16)7-2-8-19/h1,3-4,11,15-16,23H,2,5-10,12H2,(H,20,25)(H,21,24). The summed E-state index contributed by atoms with van der Waals surface area (Å²) in [6.07, 6.45) is 3.85. The lowest BCUT2D eigenvalue weighted by Gasteiger charge is -2.51. The van der Waals surface area contributed by atoms with Gasteiger partial charge in [0.05, 0.1) is 24.7 Å². The molecule has 0 bridgehead atoms. The fourth-order valence-corrected chi connectivity index (χ4v) is 4.22. The first-order chi connectivity index (χ1) is 12.6. The van der Waals surface area contributed by atoms with Crippen molar-refractivity contribution in [2.45, 2.75) is 49.8 Å². The number of nitrogens with one attached hydrogen (secondary N) is 2. The Labute approximate surface area is 152 Å². The van der Waals surface area contributed by atoms with Crippen LogP contribution in [-0.2, 0) is 9.53 Å². The Kier molecular flexibility index (Phi) is 4.48. The highest BCUT2D eigenvalue weighted by atomic mass is 16.5. The number of benzene rings is 1. The van der Waals surface area contributed by atoms with Crippen molar-refractivity contribution < 1.29 is 19.4 Å². The maximum atomic E-state index is 12.8. The SMILES string of the molecule is O=C1CCC(NC(=O)N2CCOC(c3cccc(O)c3)C2)C2(CCC2)N1. The second kappa shape index (κ2) is 6.79. The monoisotopic (exact) mass is 359 g/mol. The van der Waals surface area contributed by atoms with Crippen LogP contribution in [0.5, 0.6) is 5.75 Å². The van der Waals surface area contributed by atoms with Crippen LogP contribution in [0.15, 0.2) is 24.3 Å². The van der Waals surface area contributed by atoms with Gasteiger partial charge in [0, 0.05) is 13.0 Å². The van der Waals surface area contributed by atoms with Crippen LogP contribution in [0.4, 0.5) is 4.79 Å². The first-order valence-electron chi connectivity index (χ1n) is 9.33. The average Bonchev–Trinajstić information content (AvgIpc) is 2.62. The van der Waals surface area contributed by atoms with Crippen LogP contribution in [0.3, 0.4) is 0 Å². The maximum Gasteiger partial charge on any atom is 0.317 e. The van der Waals surface area contributed by atoms with E-state index in [2.05, 4.69) is 10.6 Å². The third-order valence-electron chi connectivity index (χ3n) is 5.85. The molecule has 1 spiro atoms. The van der Waals surface area contributed by atoms with Crippen molar-refractivity contribution in [2.75, 3.05) is 19.7 Å². The van der Waals surface area contributed by atoms with Crippen LogP contribution < -0.4 is 10.6 Å². The largest absolute Gasteiger partial charge is 0.508 e. The van der Waals surface area contributed by atoms with Crippen molar-refractivity contribution in [2.24, 2.45) is 0 Å². The fourth-order valence-electron chi connectivity index (χ4n) is 4.22. The van der Waals surface area contributed by atoms with Gasteiger partial charge < -0.3 is 25.4 Å². The van der Waals surface area contributed by atoms with Crippen molar-refractivity contribution in [3.05, 3.63) is 29.8 Å². The summed E-state index contributed by atoms with van der Waals surface area (Å²) in [6.45, 7) is 1.44. The maximum absolute atomic E-state index is 12.8. The van der Waals surface area contributed by atoms with Crippen LogP contribution in [0, 0.1) is 0 Å². The number of carbonyl (C=O) groups excluding carboxylic acids is 2. The van der Waals surface area contributed by atoms with Crippen LogP contribution in [0.2, 0.25) is 0 Å². The summed E-state index contributed by atoms with van der Waals surface area (Å²) in [5, 5.41) is 15.9. The van der Waals surface area contributed by atoms with Crippen molar-refractivity contribution in [1.29, 1.82) is 0 Å². The molecule has 7 heteroatoms. The summed E-state index contributed by atoms with van der Waals surface area (Å²) in [6, 6.07) is 6.84. The molecule has 3 amide bonds. The van der Waals surface area contributed by atoms with Gasteiger partial charge in [-0.3, -0.25) is 4.79 Å². The van der Waals surface area contributed by atoms with E-state index < -0.39 is 0 Å². The number of ether oxygens (including phenoxy) is 1. The molecule has 1 aromatic carbocycles. The van der Waals surface area contributed by atoms with Crippen LogP contribution in [-0.4, -0.2) is 53.2 Å². The van der Waals surface area contributed by atoms with Gasteiger partial charge in [-0.2, -0.15) is 0 Å². The normalized spacial score (nSPS) is 27.5. The highest BCUT2D eigenvalue weighted by Crippen LogP contribution is 2.39. The molecule has 2 aliphatic heterocycles. The molecular formula is C19H25N3O4. The van der Waals surface area contributed by atoms with Gasteiger partial charge in [-0.05, 0) is 43.4 Å². The summed E-state index contributed by atoms with van der Waals surface area (Å²) in [5.74, 6) is 0.281. The molecule has 2 saturated heterocycles. The van der Waals surface area contributed by atoms with Crippen molar-refractivity contribution in [1.82, 2.24) is 15.5 Å². The molecular weight excluding hydrogens is 334 g/mol. The molecule has 7 nitrogen and oxygen atoms in total. The Morgan fingerprint density at radius 3 is 2.96 bits per heavy atom. The van der Waals surface area contributed by atoms with E-state index in [4.69, 9.17) is 4.74 Å². The number of carbonyl (C=O) groups is 2. The summed E-state index contributed by atoms with van der Waals surface area (Å²) in [4.78, 5) is 26.3. The lowest BCUT2D eigenvalue weighted by atomic mass is 9.68. The van der Waals surface area contributed by atoms with Gasteiger partial charge in [-0.1, -0.05) is 12.1 Å². The Morgan fingerprint density at radius 1 is 1.38 bits per heavy atom. The summed E-state index contributed by atoms with van der Waals surface area (Å²) >= 11 is 0. The highest BCUT2D eigenvalue weighted by Gasteiger charge is 2.48. The lowest BCUT2D eigenvalue weighted by Crippen LogP contribution is -2.69. The molecule has 1 aliphatic carbocycles. The third-order valence-corrected chi connectivity index (χ3v) is 5.85. The molecule has 2 heterocycles. The number of nitrogens with zero attached hydrogens (tertiary/aromatic N) is 1. The lowest BCUT2D eigenvalue weighted by molar-refractivity contribution is -0.127. The Hall–Kier alpha value is -2.28. The molecule has 26 heavy (non-hydrogen) atoms. The predicted octanol–water partition coefficient (Wildman–Crippen LogP) is 1.68. The number of phenols is 1. The van der Waals surface area contributed by atoms with Gasteiger partial charge in [0.15, 0.2) is 0 Å². The van der Waals surface area contributed by atoms with Crippen LogP contribution in [0.25, 0.3) is 0 Å². The van der Waals surface area contributed by atoms with E-state index in [-0.39, 0.29) is 35.4 Å². The summed E-state index contributed by atoms with van der Waals surface area (Å²) in [7, 11) is 0. The molecule has 3 N–H and O–H groups in total. The minimum atomic E-state index is -0.248. The van der Waals surface area contributed by atoms with E-state index in [1.165, 1.54) is 0 Å². The Bertz CT molecular complexity index is 704. The minimum Gasteiger partial charge on any atom is -0.508 e. The first-order valence-corrected chi connectivity index (χ1v) is 9.33. The predicted molar refractivity (Wildman–Crippen MR) is 94.7 cm³/mol. The number of hydrogen-bond donors (Lipinski definition) is 3. The average molecular weight is 359 g/mol. The number of rotatable bonds is 2.